The molecule has 2 aliphatic heterocycles. The standard InChI is InChI=1S/C15H24N4O2S/c1-11-17-8-12(22-11)9-18-15(16-2)19-5-7-21-14(10-19)13-4-3-6-20-13/h8,13-14H,3-7,9-10H2,1-2H3,(H,16,18). The van der Waals surface area contributed by atoms with Crippen LogP contribution in [-0.4, -0.2) is 61.4 Å². The summed E-state index contributed by atoms with van der Waals surface area (Å²) in [6.07, 6.45) is 4.56. The molecule has 2 fully saturated rings. The largest absolute Gasteiger partial charge is 0.375 e. The zero-order valence-corrected chi connectivity index (χ0v) is 14.1. The number of morpholine rings is 1. The average molecular weight is 324 g/mol. The minimum absolute atomic E-state index is 0.153. The Labute approximate surface area is 135 Å². The number of aliphatic imine (C=N–C) groups is 1. The highest BCUT2D eigenvalue weighted by molar-refractivity contribution is 7.11. The second kappa shape index (κ2) is 7.39. The second-order valence-corrected chi connectivity index (χ2v) is 6.97. The van der Waals surface area contributed by atoms with E-state index in [4.69, 9.17) is 9.47 Å². The van der Waals surface area contributed by atoms with Gasteiger partial charge in [0.2, 0.25) is 0 Å². The molecule has 0 amide bonds. The van der Waals surface area contributed by atoms with Gasteiger partial charge >= 0.3 is 0 Å². The van der Waals surface area contributed by atoms with Crippen molar-refractivity contribution in [2.75, 3.05) is 33.4 Å². The Bertz CT molecular complexity index is 513. The van der Waals surface area contributed by atoms with Crippen molar-refractivity contribution in [1.29, 1.82) is 0 Å². The normalized spacial score (nSPS) is 26.5. The van der Waals surface area contributed by atoms with Gasteiger partial charge in [-0.1, -0.05) is 0 Å². The summed E-state index contributed by atoms with van der Waals surface area (Å²) < 4.78 is 11.7. The van der Waals surface area contributed by atoms with Crippen molar-refractivity contribution in [2.24, 2.45) is 4.99 Å². The fourth-order valence-electron chi connectivity index (χ4n) is 2.97. The first-order valence-corrected chi connectivity index (χ1v) is 8.68. The zero-order valence-electron chi connectivity index (χ0n) is 13.2. The highest BCUT2D eigenvalue weighted by Gasteiger charge is 2.32. The van der Waals surface area contributed by atoms with E-state index in [-0.39, 0.29) is 12.2 Å². The molecule has 0 saturated carbocycles. The van der Waals surface area contributed by atoms with E-state index in [1.807, 2.05) is 20.2 Å². The Hall–Kier alpha value is -1.18. The first kappa shape index (κ1) is 15.7. The molecule has 6 nitrogen and oxygen atoms in total. The number of guanidine groups is 1. The summed E-state index contributed by atoms with van der Waals surface area (Å²) in [5.41, 5.74) is 0. The molecule has 7 heteroatoms. The van der Waals surface area contributed by atoms with Crippen LogP contribution in [0.2, 0.25) is 0 Å². The van der Waals surface area contributed by atoms with Crippen LogP contribution in [0, 0.1) is 6.92 Å². The molecule has 0 aromatic carbocycles. The Morgan fingerprint density at radius 1 is 1.45 bits per heavy atom. The third kappa shape index (κ3) is 3.77. The maximum Gasteiger partial charge on any atom is 0.194 e. The van der Waals surface area contributed by atoms with Gasteiger partial charge in [0.25, 0.3) is 0 Å². The van der Waals surface area contributed by atoms with Crippen molar-refractivity contribution in [2.45, 2.75) is 38.5 Å². The van der Waals surface area contributed by atoms with Crippen LogP contribution in [-0.2, 0) is 16.0 Å². The Morgan fingerprint density at radius 3 is 3.00 bits per heavy atom. The molecule has 2 saturated heterocycles. The Balaban J connectivity index is 1.55. The summed E-state index contributed by atoms with van der Waals surface area (Å²) in [4.78, 5) is 12.2. The van der Waals surface area contributed by atoms with Gasteiger partial charge in [-0.05, 0) is 19.8 Å². The van der Waals surface area contributed by atoms with Gasteiger partial charge in [-0.15, -0.1) is 11.3 Å². The number of nitrogens with zero attached hydrogens (tertiary/aromatic N) is 3. The SMILES string of the molecule is CN=C(NCc1cnc(C)s1)N1CCOC(C2CCCO2)C1. The van der Waals surface area contributed by atoms with Crippen LogP contribution in [0.5, 0.6) is 0 Å². The molecule has 0 bridgehead atoms. The van der Waals surface area contributed by atoms with Gasteiger partial charge < -0.3 is 19.7 Å². The van der Waals surface area contributed by atoms with Crippen LogP contribution in [0.3, 0.4) is 0 Å². The number of rotatable bonds is 3. The molecule has 0 aliphatic carbocycles. The molecule has 1 N–H and O–H groups in total. The number of ether oxygens (including phenoxy) is 2. The summed E-state index contributed by atoms with van der Waals surface area (Å²) in [6.45, 7) is 6.08. The maximum atomic E-state index is 5.90. The van der Waals surface area contributed by atoms with Gasteiger partial charge in [-0.3, -0.25) is 4.99 Å². The van der Waals surface area contributed by atoms with Crippen molar-refractivity contribution in [3.8, 4) is 0 Å². The summed E-state index contributed by atoms with van der Waals surface area (Å²) in [6, 6.07) is 0. The summed E-state index contributed by atoms with van der Waals surface area (Å²) in [5, 5.41) is 4.52. The molecule has 1 aromatic rings. The number of hydrogen-bond acceptors (Lipinski definition) is 5. The van der Waals surface area contributed by atoms with Crippen molar-refractivity contribution >= 4 is 17.3 Å². The monoisotopic (exact) mass is 324 g/mol. The van der Waals surface area contributed by atoms with Gasteiger partial charge in [0.15, 0.2) is 5.96 Å². The molecule has 22 heavy (non-hydrogen) atoms. The van der Waals surface area contributed by atoms with E-state index >= 15 is 0 Å². The molecule has 1 aromatic heterocycles. The lowest BCUT2D eigenvalue weighted by atomic mass is 10.1. The second-order valence-electron chi connectivity index (χ2n) is 5.65. The predicted molar refractivity (Wildman–Crippen MR) is 87.3 cm³/mol. The van der Waals surface area contributed by atoms with Gasteiger partial charge in [-0.2, -0.15) is 0 Å². The molecule has 2 unspecified atom stereocenters. The van der Waals surface area contributed by atoms with E-state index in [1.165, 1.54) is 4.88 Å². The van der Waals surface area contributed by atoms with Gasteiger partial charge in [0.05, 0.1) is 24.3 Å². The predicted octanol–water partition coefficient (Wildman–Crippen LogP) is 1.41. The van der Waals surface area contributed by atoms with Crippen LogP contribution < -0.4 is 5.32 Å². The molecule has 3 heterocycles. The number of hydrogen-bond donors (Lipinski definition) is 1. The van der Waals surface area contributed by atoms with Crippen LogP contribution in [0.1, 0.15) is 22.7 Å². The lowest BCUT2D eigenvalue weighted by molar-refractivity contribution is -0.0817. The van der Waals surface area contributed by atoms with Crippen LogP contribution >= 0.6 is 11.3 Å². The van der Waals surface area contributed by atoms with Gasteiger partial charge in [0.1, 0.15) is 6.10 Å². The van der Waals surface area contributed by atoms with E-state index in [9.17, 15) is 0 Å². The number of aryl methyl sites for hydroxylation is 1. The van der Waals surface area contributed by atoms with E-state index in [0.29, 0.717) is 0 Å². The molecular weight excluding hydrogens is 300 g/mol. The van der Waals surface area contributed by atoms with Gasteiger partial charge in [-0.25, -0.2) is 4.98 Å². The maximum absolute atomic E-state index is 5.90. The number of thiazole rings is 1. The molecular formula is C15H24N4O2S. The fraction of sp³-hybridized carbons (Fsp3) is 0.733. The van der Waals surface area contributed by atoms with Crippen LogP contribution in [0.4, 0.5) is 0 Å². The van der Waals surface area contributed by atoms with E-state index in [2.05, 4.69) is 20.2 Å². The third-order valence-electron chi connectivity index (χ3n) is 4.07. The minimum Gasteiger partial charge on any atom is -0.375 e. The van der Waals surface area contributed by atoms with Crippen molar-refractivity contribution < 1.29 is 9.47 Å². The smallest absolute Gasteiger partial charge is 0.194 e. The molecule has 2 aliphatic rings. The van der Waals surface area contributed by atoms with Gasteiger partial charge in [0, 0.05) is 37.8 Å². The number of aromatic nitrogens is 1. The Kier molecular flexibility index (Phi) is 5.28. The Morgan fingerprint density at radius 2 is 2.32 bits per heavy atom. The average Bonchev–Trinajstić information content (AvgIpc) is 3.20. The molecule has 3 rings (SSSR count). The quantitative estimate of drug-likeness (QED) is 0.673. The summed E-state index contributed by atoms with van der Waals surface area (Å²) in [5.74, 6) is 0.928. The lowest BCUT2D eigenvalue weighted by Crippen LogP contribution is -2.53. The molecule has 0 spiro atoms. The molecule has 122 valence electrons. The van der Waals surface area contributed by atoms with Crippen molar-refractivity contribution in [1.82, 2.24) is 15.2 Å². The van der Waals surface area contributed by atoms with Crippen LogP contribution in [0.25, 0.3) is 0 Å². The minimum atomic E-state index is 0.153. The van der Waals surface area contributed by atoms with Crippen molar-refractivity contribution in [3.05, 3.63) is 16.1 Å². The van der Waals surface area contributed by atoms with Crippen LogP contribution in [0.15, 0.2) is 11.2 Å². The highest BCUT2D eigenvalue weighted by Crippen LogP contribution is 2.21. The zero-order chi connectivity index (χ0) is 15.4. The topological polar surface area (TPSA) is 59.0 Å². The fourth-order valence-corrected chi connectivity index (χ4v) is 3.71. The van der Waals surface area contributed by atoms with E-state index < -0.39 is 0 Å². The van der Waals surface area contributed by atoms with E-state index in [0.717, 1.165) is 56.7 Å². The van der Waals surface area contributed by atoms with E-state index in [1.54, 1.807) is 11.3 Å². The number of nitrogens with one attached hydrogen (secondary N) is 1. The summed E-state index contributed by atoms with van der Waals surface area (Å²) in [7, 11) is 1.83. The first-order chi connectivity index (χ1) is 10.8. The first-order valence-electron chi connectivity index (χ1n) is 7.86. The third-order valence-corrected chi connectivity index (χ3v) is 4.99. The lowest BCUT2D eigenvalue weighted by Gasteiger charge is -2.37. The van der Waals surface area contributed by atoms with Crippen molar-refractivity contribution in [3.63, 3.8) is 0 Å². The summed E-state index contributed by atoms with van der Waals surface area (Å²) >= 11 is 1.72. The highest BCUT2D eigenvalue weighted by atomic mass is 32.1. The molecule has 0 radical (unpaired) electrons. The molecule has 2 atom stereocenters.